The lowest BCUT2D eigenvalue weighted by atomic mass is 9.99. The van der Waals surface area contributed by atoms with Crippen LogP contribution < -0.4 is 0 Å². The van der Waals surface area contributed by atoms with E-state index in [9.17, 15) is 43.2 Å². The number of hydrogen-bond donors (Lipinski definition) is 3. The number of carbonyl (C=O) groups is 4. The van der Waals surface area contributed by atoms with E-state index in [2.05, 4.69) is 48.5 Å². The lowest BCUT2D eigenvalue weighted by molar-refractivity contribution is -0.161. The van der Waals surface area contributed by atoms with Crippen molar-refractivity contribution in [2.45, 2.75) is 362 Å². The van der Waals surface area contributed by atoms with Crippen LogP contribution in [0.15, 0.2) is 0 Å². The van der Waals surface area contributed by atoms with Crippen molar-refractivity contribution in [3.63, 3.8) is 0 Å². The second-order valence-electron chi connectivity index (χ2n) is 26.1. The molecular weight excluding hydrogens is 1160 g/mol. The summed E-state index contributed by atoms with van der Waals surface area (Å²) >= 11 is 0. The molecule has 6 atom stereocenters. The van der Waals surface area contributed by atoms with Gasteiger partial charge in [-0.05, 0) is 43.4 Å². The smallest absolute Gasteiger partial charge is 0.462 e. The van der Waals surface area contributed by atoms with Crippen molar-refractivity contribution in [2.75, 3.05) is 39.6 Å². The normalized spacial score (nSPS) is 14.5. The highest BCUT2D eigenvalue weighted by Crippen LogP contribution is 2.45. The van der Waals surface area contributed by atoms with Gasteiger partial charge >= 0.3 is 39.5 Å². The van der Waals surface area contributed by atoms with Crippen LogP contribution in [0.5, 0.6) is 0 Å². The highest BCUT2D eigenvalue weighted by molar-refractivity contribution is 7.47. The quantitative estimate of drug-likeness (QED) is 0.0222. The van der Waals surface area contributed by atoms with E-state index >= 15 is 0 Å². The third-order valence-electron chi connectivity index (χ3n) is 16.2. The van der Waals surface area contributed by atoms with E-state index in [1.807, 2.05) is 0 Å². The molecule has 0 heterocycles. The van der Waals surface area contributed by atoms with Gasteiger partial charge in [0.05, 0.1) is 26.4 Å². The predicted octanol–water partition coefficient (Wildman–Crippen LogP) is 19.5. The summed E-state index contributed by atoms with van der Waals surface area (Å²) in [6.45, 7) is 11.8. The number of carbonyl (C=O) groups excluding carboxylic acids is 4. The zero-order chi connectivity index (χ0) is 65.2. The molecule has 17 nitrogen and oxygen atoms in total. The van der Waals surface area contributed by atoms with Crippen LogP contribution in [0.25, 0.3) is 0 Å². The van der Waals surface area contributed by atoms with Crippen molar-refractivity contribution >= 4 is 39.5 Å². The lowest BCUT2D eigenvalue weighted by Gasteiger charge is -2.21. The zero-order valence-corrected chi connectivity index (χ0v) is 59.0. The van der Waals surface area contributed by atoms with Gasteiger partial charge in [0.25, 0.3) is 0 Å². The van der Waals surface area contributed by atoms with Crippen molar-refractivity contribution < 1.29 is 80.2 Å². The van der Waals surface area contributed by atoms with E-state index in [-0.39, 0.29) is 25.7 Å². The van der Waals surface area contributed by atoms with Crippen LogP contribution in [0.1, 0.15) is 344 Å². The van der Waals surface area contributed by atoms with Gasteiger partial charge in [-0.25, -0.2) is 9.13 Å². The summed E-state index contributed by atoms with van der Waals surface area (Å²) in [4.78, 5) is 72.4. The molecule has 0 fully saturated rings. The molecule has 0 rings (SSSR count). The summed E-state index contributed by atoms with van der Waals surface area (Å²) in [5.41, 5.74) is 0. The summed E-state index contributed by atoms with van der Waals surface area (Å²) in [5, 5.41) is 10.6. The fourth-order valence-electron chi connectivity index (χ4n) is 10.3. The summed E-state index contributed by atoms with van der Waals surface area (Å²) in [6, 6.07) is 0. The number of ether oxygens (including phenoxy) is 4. The van der Waals surface area contributed by atoms with E-state index in [0.717, 1.165) is 120 Å². The van der Waals surface area contributed by atoms with Gasteiger partial charge in [-0.3, -0.25) is 37.3 Å². The Labute approximate surface area is 537 Å². The van der Waals surface area contributed by atoms with Crippen molar-refractivity contribution in [1.82, 2.24) is 0 Å². The maximum Gasteiger partial charge on any atom is 0.472 e. The third kappa shape index (κ3) is 61.6. The minimum absolute atomic E-state index is 0.104. The SMILES string of the molecule is CCCCCCCCCC(=O)OC[C@H](COP(=O)(O)OC[C@H](O)COP(=O)(O)OC[C@@H](COC(=O)CCCCCCCCCCCCC(C)CC)OC(=O)CCCCCCCCCCCCCCCC(C)C)OC(=O)CCCCCCCCCCC(C)C. The number of phosphoric acid groups is 2. The molecule has 0 spiro atoms. The number of rotatable bonds is 67. The van der Waals surface area contributed by atoms with Crippen molar-refractivity contribution in [3.05, 3.63) is 0 Å². The second-order valence-corrected chi connectivity index (χ2v) is 29.0. The molecule has 0 aliphatic rings. The number of unbranched alkanes of at least 4 members (excludes halogenated alkanes) is 34. The van der Waals surface area contributed by atoms with Gasteiger partial charge < -0.3 is 33.8 Å². The summed E-state index contributed by atoms with van der Waals surface area (Å²) in [7, 11) is -9.89. The van der Waals surface area contributed by atoms with Crippen molar-refractivity contribution in [2.24, 2.45) is 17.8 Å². The Morgan fingerprint density at radius 1 is 0.330 bits per heavy atom. The maximum absolute atomic E-state index is 13.0. The molecule has 0 aromatic carbocycles. The van der Waals surface area contributed by atoms with Gasteiger partial charge in [0.1, 0.15) is 19.3 Å². The monoisotopic (exact) mass is 1300 g/mol. The molecule has 19 heteroatoms. The molecule has 0 aliphatic carbocycles. The molecule has 0 aliphatic heterocycles. The van der Waals surface area contributed by atoms with E-state index < -0.39 is 97.5 Å². The molecule has 88 heavy (non-hydrogen) atoms. The van der Waals surface area contributed by atoms with Gasteiger partial charge in [0.15, 0.2) is 12.2 Å². The van der Waals surface area contributed by atoms with E-state index in [1.165, 1.54) is 141 Å². The minimum atomic E-state index is -4.95. The first kappa shape index (κ1) is 86.1. The first-order valence-electron chi connectivity index (χ1n) is 35.9. The molecule has 0 bridgehead atoms. The van der Waals surface area contributed by atoms with Crippen LogP contribution >= 0.6 is 15.6 Å². The summed E-state index contributed by atoms with van der Waals surface area (Å²) in [5.74, 6) is 0.182. The standard InChI is InChI=1S/C69H134O17P2/c1-8-10-11-12-26-36-43-50-66(71)79-56-64(86-69(74)53-46-39-32-25-24-28-34-41-48-61(5)6)58-83-87(75,76)81-54-63(70)55-82-88(77,78)84-59-65(57-80-67(72)51-44-37-30-22-19-18-21-29-35-42-49-62(7)9-2)85-68(73)52-45-38-31-23-17-15-13-14-16-20-27-33-40-47-60(3)4/h60-65,70H,8-59H2,1-7H3,(H,75,76)(H,77,78)/t62?,63-,64+,65+/m0/s1. The topological polar surface area (TPSA) is 237 Å². The fraction of sp³-hybridized carbons (Fsp3) is 0.942. The van der Waals surface area contributed by atoms with Gasteiger partial charge in [0.2, 0.25) is 0 Å². The van der Waals surface area contributed by atoms with E-state index in [1.54, 1.807) is 0 Å². The Morgan fingerprint density at radius 2 is 0.580 bits per heavy atom. The average molecular weight is 1300 g/mol. The van der Waals surface area contributed by atoms with Crippen LogP contribution in [0.4, 0.5) is 0 Å². The molecule has 0 amide bonds. The fourth-order valence-corrected chi connectivity index (χ4v) is 11.9. The van der Waals surface area contributed by atoms with Crippen LogP contribution in [0, 0.1) is 17.8 Å². The summed E-state index contributed by atoms with van der Waals surface area (Å²) in [6.07, 6.45) is 43.1. The average Bonchev–Trinajstić information content (AvgIpc) is 3.53. The van der Waals surface area contributed by atoms with Crippen LogP contribution in [0.2, 0.25) is 0 Å². The first-order valence-corrected chi connectivity index (χ1v) is 38.9. The molecule has 0 saturated heterocycles. The lowest BCUT2D eigenvalue weighted by Crippen LogP contribution is -2.30. The highest BCUT2D eigenvalue weighted by Gasteiger charge is 2.30. The van der Waals surface area contributed by atoms with Gasteiger partial charge in [-0.1, -0.05) is 292 Å². The largest absolute Gasteiger partial charge is 0.472 e. The number of esters is 4. The molecule has 522 valence electrons. The zero-order valence-electron chi connectivity index (χ0n) is 57.2. The molecule has 3 unspecified atom stereocenters. The Hall–Kier alpha value is -1.94. The minimum Gasteiger partial charge on any atom is -0.462 e. The molecule has 0 saturated carbocycles. The second kappa shape index (κ2) is 60.0. The van der Waals surface area contributed by atoms with Crippen LogP contribution in [-0.4, -0.2) is 96.7 Å². The Kier molecular flexibility index (Phi) is 58.7. The number of hydrogen-bond acceptors (Lipinski definition) is 15. The molecule has 0 aromatic heterocycles. The Morgan fingerprint density at radius 3 is 0.864 bits per heavy atom. The van der Waals surface area contributed by atoms with Gasteiger partial charge in [0, 0.05) is 25.7 Å². The summed E-state index contributed by atoms with van der Waals surface area (Å²) < 4.78 is 68.1. The van der Waals surface area contributed by atoms with E-state index in [4.69, 9.17) is 37.0 Å². The first-order chi connectivity index (χ1) is 42.3. The van der Waals surface area contributed by atoms with Gasteiger partial charge in [-0.2, -0.15) is 0 Å². The Bertz CT molecular complexity index is 1730. The van der Waals surface area contributed by atoms with E-state index in [0.29, 0.717) is 25.7 Å². The number of aliphatic hydroxyl groups is 1. The van der Waals surface area contributed by atoms with Crippen molar-refractivity contribution in [3.8, 4) is 0 Å². The maximum atomic E-state index is 13.0. The molecular formula is C69H134O17P2. The van der Waals surface area contributed by atoms with Gasteiger partial charge in [-0.15, -0.1) is 0 Å². The predicted molar refractivity (Wildman–Crippen MR) is 354 cm³/mol. The Balaban J connectivity index is 5.22. The van der Waals surface area contributed by atoms with Crippen LogP contribution in [0.3, 0.4) is 0 Å². The third-order valence-corrected chi connectivity index (χ3v) is 18.1. The highest BCUT2D eigenvalue weighted by atomic mass is 31.2. The van der Waals surface area contributed by atoms with Crippen LogP contribution in [-0.2, 0) is 65.4 Å². The number of phosphoric ester groups is 2. The molecule has 0 radical (unpaired) electrons. The molecule has 0 aromatic rings. The van der Waals surface area contributed by atoms with Crippen molar-refractivity contribution in [1.29, 1.82) is 0 Å². The molecule has 3 N–H and O–H groups in total. The number of aliphatic hydroxyl groups excluding tert-OH is 1.